The van der Waals surface area contributed by atoms with Crippen LogP contribution in [0.1, 0.15) is 264 Å². The highest BCUT2D eigenvalue weighted by Gasteiger charge is 2.53. The van der Waals surface area contributed by atoms with Crippen LogP contribution in [-0.4, -0.2) is 379 Å². The molecule has 149 heavy (non-hydrogen) atoms. The number of carbonyl (C=O) groups excluding carboxylic acids is 16. The fourth-order valence-electron chi connectivity index (χ4n) is 20.0. The lowest BCUT2D eigenvalue weighted by Crippen LogP contribution is -2.61. The highest BCUT2D eigenvalue weighted by atomic mass is 16.4. The Balaban J connectivity index is 0.000000403. The number of primary amides is 2. The summed E-state index contributed by atoms with van der Waals surface area (Å²) in [6.45, 7) is 11.5. The summed E-state index contributed by atoms with van der Waals surface area (Å²) >= 11 is 0. The number of rotatable bonds is 40. The Morgan fingerprint density at radius 2 is 0.738 bits per heavy atom. The molecule has 30 N–H and O–H groups in total. The molecule has 31 atom stereocenters. The van der Waals surface area contributed by atoms with Gasteiger partial charge in [0.25, 0.3) is 0 Å². The summed E-state index contributed by atoms with van der Waals surface area (Å²) < 4.78 is 0. The van der Waals surface area contributed by atoms with Gasteiger partial charge in [0.05, 0.1) is 98.3 Å². The number of phenols is 2. The van der Waals surface area contributed by atoms with Crippen molar-refractivity contribution in [3.63, 3.8) is 0 Å². The van der Waals surface area contributed by atoms with Crippen LogP contribution in [-0.2, 0) is 76.7 Å². The standard InChI is InChI=1S/C51H81N7O17.C50H79N7O17/c1-5-26(2)20-27(3)12-10-8-6-7-9-11-13-40(67)53-33-23-38(65)48(72)56-49(73)43-35(62)18-19-57(43)51(75)42(37(64)24-39(52)66)55-46(70)32(45(69)44(68)29-14-16-30(60)17-15-29)22-36(63)34-21-31(61)25-58(34)50(74)41(28(4)59)54-47(33)71;1-4-26(2)19-27(3)11-9-7-5-6-8-10-12-40(66)52-32-22-38(64)47(71)55-48(72)42-35(61)17-18-56(42)50(74)41(37(63)23-39(51)65)54-45(69)31(44(68)43(67)28-13-15-29(59)16-14-28)21-36(62)34-20-30(60)24-57(34)49(73)33(25-58)53-46(32)70/h14-17,26-28,31-35,37-38,41-45,48,59-62,64-65,68-69,72H,5-13,18-25H2,1-4H3,(H2,52,66)(H,53,67)(H,54,71)(H,55,70)(H,56,73);13-16,26-27,30-35,37-38,41-44,47,58-61,63-64,67-68,71H,4-12,17-25H2,1-3H3,(H2,51,65)(H,52,66)(H,53,70)(H,54,69)(H,55,72)/t26-,27+,28+,31+,32-,33-,34-,35-,37+,38+,41-,42-,43-,44-,45-,48+;26-,27+,30+,31-,32-,33-,34-,35-,37+,38+,41-,42-,43-,44-,47+/m00/s1. The molecule has 0 aliphatic carbocycles. The second kappa shape index (κ2) is 60.5. The Labute approximate surface area is 865 Å². The Bertz CT molecular complexity index is 4740. The second-order valence-corrected chi connectivity index (χ2v) is 41.3. The molecule has 48 heteroatoms. The Hall–Kier alpha value is -10.7. The van der Waals surface area contributed by atoms with E-state index >= 15 is 0 Å². The van der Waals surface area contributed by atoms with E-state index < -0.39 is 342 Å². The minimum atomic E-state index is -2.27. The van der Waals surface area contributed by atoms with Gasteiger partial charge >= 0.3 is 0 Å². The predicted octanol–water partition coefficient (Wildman–Crippen LogP) is -4.89. The minimum absolute atomic E-state index is 0.0689. The van der Waals surface area contributed by atoms with Gasteiger partial charge in [-0.2, -0.15) is 0 Å². The zero-order chi connectivity index (χ0) is 111. The number of hydrogen-bond acceptors (Lipinski definition) is 34. The first-order chi connectivity index (χ1) is 70.3. The Kier molecular flexibility index (Phi) is 50.9. The molecular weight excluding hydrogens is 1950 g/mol. The molecule has 2 aromatic carbocycles. The number of aliphatic hydroxyl groups excluding tert-OH is 16. The van der Waals surface area contributed by atoms with Crippen molar-refractivity contribution in [3.8, 4) is 11.5 Å². The van der Waals surface area contributed by atoms with Gasteiger partial charge in [0, 0.05) is 77.5 Å². The molecule has 0 saturated carbocycles. The van der Waals surface area contributed by atoms with Crippen LogP contribution < -0.4 is 54.0 Å². The third-order valence-electron chi connectivity index (χ3n) is 29.0. The highest BCUT2D eigenvalue weighted by molar-refractivity contribution is 6.01. The summed E-state index contributed by atoms with van der Waals surface area (Å²) in [5.74, 6) is -20.3. The maximum Gasteiger partial charge on any atom is 0.248 e. The van der Waals surface area contributed by atoms with Crippen LogP contribution in [0.25, 0.3) is 0 Å². The molecule has 6 fully saturated rings. The van der Waals surface area contributed by atoms with Crippen molar-refractivity contribution in [2.45, 2.75) is 393 Å². The minimum Gasteiger partial charge on any atom is -0.508 e. The molecule has 48 nitrogen and oxygen atoms in total. The van der Waals surface area contributed by atoms with E-state index in [2.05, 4.69) is 84.1 Å². The average Bonchev–Trinajstić information content (AvgIpc) is 1.72. The molecule has 6 aliphatic rings. The molecule has 6 aliphatic heterocycles. The predicted molar refractivity (Wildman–Crippen MR) is 529 cm³/mol. The number of nitrogens with one attached hydrogen (secondary N) is 8. The number of unbranched alkanes of at least 4 members (excludes halogenated alkanes) is 10. The van der Waals surface area contributed by atoms with E-state index in [1.54, 1.807) is 0 Å². The summed E-state index contributed by atoms with van der Waals surface area (Å²) in [6, 6.07) is -9.41. The fraction of sp³-hybridized carbons (Fsp3) is 0.723. The lowest BCUT2D eigenvalue weighted by molar-refractivity contribution is -0.150. The van der Waals surface area contributed by atoms with E-state index in [0.717, 1.165) is 118 Å². The van der Waals surface area contributed by atoms with E-state index in [-0.39, 0.29) is 48.3 Å². The van der Waals surface area contributed by atoms with E-state index in [1.807, 2.05) is 0 Å². The van der Waals surface area contributed by atoms with E-state index in [0.29, 0.717) is 59.2 Å². The van der Waals surface area contributed by atoms with Gasteiger partial charge in [-0.25, -0.2) is 0 Å². The summed E-state index contributed by atoms with van der Waals surface area (Å²) in [7, 11) is 0. The zero-order valence-corrected chi connectivity index (χ0v) is 85.8. The quantitative estimate of drug-likeness (QED) is 0.0278. The molecule has 838 valence electrons. The van der Waals surface area contributed by atoms with Crippen molar-refractivity contribution in [2.75, 3.05) is 32.8 Å². The third kappa shape index (κ3) is 37.4. The molecule has 0 aromatic heterocycles. The number of phenolic OH excluding ortho intramolecular Hbond substituents is 2. The molecule has 0 radical (unpaired) electrons. The number of aliphatic hydroxyl groups is 16. The second-order valence-electron chi connectivity index (χ2n) is 41.3. The van der Waals surface area contributed by atoms with Crippen molar-refractivity contribution in [2.24, 2.45) is 47.0 Å². The maximum atomic E-state index is 14.4. The number of Topliss-reactive ketones (excluding diaryl/α,β-unsaturated/α-hetero) is 2. The summed E-state index contributed by atoms with van der Waals surface area (Å²) in [6.07, 6.45) is -19.8. The average molecular weight is 2110 g/mol. The number of ketones is 2. The van der Waals surface area contributed by atoms with Crippen molar-refractivity contribution >= 4 is 94.3 Å². The normalized spacial score (nSPS) is 29.0. The number of fused-ring (bicyclic) bond motifs is 4. The van der Waals surface area contributed by atoms with Crippen LogP contribution in [0.3, 0.4) is 0 Å². The Morgan fingerprint density at radius 1 is 0.403 bits per heavy atom. The third-order valence-corrected chi connectivity index (χ3v) is 29.0. The molecule has 6 saturated heterocycles. The van der Waals surface area contributed by atoms with Crippen LogP contribution >= 0.6 is 0 Å². The van der Waals surface area contributed by atoms with Gasteiger partial charge in [-0.15, -0.1) is 0 Å². The van der Waals surface area contributed by atoms with Crippen LogP contribution in [0.5, 0.6) is 11.5 Å². The topological polar surface area (TPSA) is 799 Å². The van der Waals surface area contributed by atoms with Gasteiger partial charge in [0.2, 0.25) is 82.7 Å². The van der Waals surface area contributed by atoms with Crippen LogP contribution in [0.4, 0.5) is 0 Å². The number of benzene rings is 2. The molecule has 0 unspecified atom stereocenters. The van der Waals surface area contributed by atoms with Gasteiger partial charge in [-0.05, 0) is 105 Å². The fourth-order valence-corrected chi connectivity index (χ4v) is 20.0. The van der Waals surface area contributed by atoms with Gasteiger partial charge in [-0.3, -0.25) is 76.7 Å². The molecule has 0 bridgehead atoms. The number of nitrogens with two attached hydrogens (primary N) is 2. The van der Waals surface area contributed by atoms with Crippen LogP contribution in [0.2, 0.25) is 0 Å². The number of carbonyl (C=O) groups is 16. The van der Waals surface area contributed by atoms with Gasteiger partial charge in [0.1, 0.15) is 84.2 Å². The zero-order valence-electron chi connectivity index (χ0n) is 85.8. The van der Waals surface area contributed by atoms with Gasteiger partial charge in [0.15, 0.2) is 24.0 Å². The summed E-state index contributed by atoms with van der Waals surface area (Å²) in [5, 5.41) is 216. The number of hydrogen-bond donors (Lipinski definition) is 28. The Morgan fingerprint density at radius 3 is 1.09 bits per heavy atom. The maximum absolute atomic E-state index is 14.4. The van der Waals surface area contributed by atoms with Crippen molar-refractivity contribution in [1.29, 1.82) is 0 Å². The smallest absolute Gasteiger partial charge is 0.248 e. The largest absolute Gasteiger partial charge is 0.508 e. The van der Waals surface area contributed by atoms with Crippen molar-refractivity contribution in [3.05, 3.63) is 59.7 Å². The summed E-state index contributed by atoms with van der Waals surface area (Å²) in [4.78, 5) is 225. The van der Waals surface area contributed by atoms with Gasteiger partial charge < -0.3 is 166 Å². The number of nitrogens with zero attached hydrogens (tertiary/aromatic N) is 4. The first-order valence-electron chi connectivity index (χ1n) is 52.0. The lowest BCUT2D eigenvalue weighted by Gasteiger charge is -2.34. The number of aromatic hydroxyl groups is 2. The molecule has 0 spiro atoms. The van der Waals surface area contributed by atoms with Gasteiger partial charge in [-0.1, -0.05) is 156 Å². The summed E-state index contributed by atoms with van der Waals surface area (Å²) in [5.41, 5.74) is 10.5. The van der Waals surface area contributed by atoms with Crippen LogP contribution in [0.15, 0.2) is 48.5 Å². The molecule has 14 amide bonds. The van der Waals surface area contributed by atoms with E-state index in [4.69, 9.17) is 11.5 Å². The molecule has 2 aromatic rings. The molecule has 6 heterocycles. The van der Waals surface area contributed by atoms with E-state index in [1.165, 1.54) is 37.1 Å². The molecular formula is C101H160N14O34. The SMILES string of the molecule is CC[C@H](C)C[C@H](C)CCCCCCCCC(=O)N[C@H]1C[C@@H](O)[C@@H](O)NC(=O)[C@@H]2[C@@H](O)CCN2C(=O)[C@H]([C@H](O)CC(N)=O)NC(=O)[C@H]([C@H](O)[C@@H](O)c2ccc(O)cc2)CC(=O)[C@@H]2C[C@@H](O)CN2C(=O)[C@H](CO)NC1=O.CC[C@H](C)C[C@H](C)CCCCCCCCC(=O)N[C@H]1C[C@@H](O)[C@@H](O)NC(=O)[C@@H]2[C@@H](O)CCN2C(=O)[C@H]([C@H](O)CC(N)=O)NC(=O)[C@H]([C@H](O)[C@@H](O)c2ccc(O)cc2)CC(=O)[C@@H]2C[C@@H](O)CN2C(=O)[C@H]([C@@H](C)O)NC1=O. The number of amides is 14. The highest BCUT2D eigenvalue weighted by Crippen LogP contribution is 2.35. The molecule has 8 rings (SSSR count). The van der Waals surface area contributed by atoms with Crippen molar-refractivity contribution < 1.29 is 169 Å². The first kappa shape index (κ1) is 125. The van der Waals surface area contributed by atoms with Crippen LogP contribution in [0, 0.1) is 35.5 Å². The van der Waals surface area contributed by atoms with E-state index in [9.17, 15) is 169 Å². The lowest BCUT2D eigenvalue weighted by atomic mass is 9.86. The monoisotopic (exact) mass is 2110 g/mol. The van der Waals surface area contributed by atoms with Crippen molar-refractivity contribution in [1.82, 2.24) is 62.1 Å². The first-order valence-corrected chi connectivity index (χ1v) is 52.0.